The first kappa shape index (κ1) is 20.2. The molecule has 2 aromatic rings. The molecule has 2 aromatic carbocycles. The molecule has 0 unspecified atom stereocenters. The van der Waals surface area contributed by atoms with Gasteiger partial charge >= 0.3 is 0 Å². The Labute approximate surface area is 162 Å². The molecule has 0 heterocycles. The van der Waals surface area contributed by atoms with Crippen LogP contribution in [0.5, 0.6) is 5.75 Å². The van der Waals surface area contributed by atoms with E-state index in [0.29, 0.717) is 0 Å². The molecular formula is C22H30N2OS. The van der Waals surface area contributed by atoms with Gasteiger partial charge in [-0.2, -0.15) is 0 Å². The Balaban J connectivity index is 2.07. The summed E-state index contributed by atoms with van der Waals surface area (Å²) < 4.78 is 5.57. The minimum atomic E-state index is 0.741. The summed E-state index contributed by atoms with van der Waals surface area (Å²) in [5.74, 6) is 0.922. The van der Waals surface area contributed by atoms with Gasteiger partial charge < -0.3 is 15.4 Å². The fourth-order valence-corrected chi connectivity index (χ4v) is 3.42. The van der Waals surface area contributed by atoms with Gasteiger partial charge in [0.25, 0.3) is 0 Å². The third-order valence-corrected chi connectivity index (χ3v) is 4.80. The second-order valence-corrected chi connectivity index (χ2v) is 6.80. The van der Waals surface area contributed by atoms with Crippen molar-refractivity contribution in [3.8, 4) is 5.75 Å². The first-order chi connectivity index (χ1) is 12.7. The van der Waals surface area contributed by atoms with Gasteiger partial charge in [0.2, 0.25) is 0 Å². The van der Waals surface area contributed by atoms with Crippen molar-refractivity contribution in [1.82, 2.24) is 10.6 Å². The van der Waals surface area contributed by atoms with Crippen LogP contribution in [0.2, 0.25) is 0 Å². The van der Waals surface area contributed by atoms with Crippen molar-refractivity contribution in [1.29, 1.82) is 0 Å². The fraction of sp³-hybridized carbons (Fsp3) is 0.409. The topological polar surface area (TPSA) is 33.3 Å². The third kappa shape index (κ3) is 5.46. The summed E-state index contributed by atoms with van der Waals surface area (Å²) in [6.07, 6.45) is 7.25. The van der Waals surface area contributed by atoms with Gasteiger partial charge in [0.05, 0.1) is 7.11 Å². The van der Waals surface area contributed by atoms with Gasteiger partial charge in [0.1, 0.15) is 5.75 Å². The Morgan fingerprint density at radius 1 is 1.15 bits per heavy atom. The summed E-state index contributed by atoms with van der Waals surface area (Å²) in [6, 6.07) is 10.6. The Bertz CT molecular complexity index is 742. The van der Waals surface area contributed by atoms with Gasteiger partial charge in [-0.25, -0.2) is 0 Å². The predicted octanol–water partition coefficient (Wildman–Crippen LogP) is 4.77. The van der Waals surface area contributed by atoms with Gasteiger partial charge in [0.15, 0.2) is 5.11 Å². The molecule has 4 heteroatoms. The number of thiocarbonyl (C=S) groups is 1. The van der Waals surface area contributed by atoms with E-state index in [2.05, 4.69) is 48.4 Å². The van der Waals surface area contributed by atoms with Crippen LogP contribution in [0, 0.1) is 0 Å². The van der Waals surface area contributed by atoms with Crippen LogP contribution in [-0.4, -0.2) is 25.3 Å². The third-order valence-electron chi connectivity index (χ3n) is 4.51. The van der Waals surface area contributed by atoms with E-state index in [4.69, 9.17) is 17.0 Å². The van der Waals surface area contributed by atoms with E-state index < -0.39 is 0 Å². The van der Waals surface area contributed by atoms with Gasteiger partial charge in [-0.05, 0) is 53.9 Å². The normalized spacial score (nSPS) is 10.5. The highest BCUT2D eigenvalue weighted by Crippen LogP contribution is 2.31. The van der Waals surface area contributed by atoms with Crippen LogP contribution in [0.4, 0.5) is 0 Å². The molecule has 0 spiro atoms. The van der Waals surface area contributed by atoms with Crippen LogP contribution in [-0.2, 0) is 12.8 Å². The molecule has 26 heavy (non-hydrogen) atoms. The minimum absolute atomic E-state index is 0.741. The van der Waals surface area contributed by atoms with Crippen molar-refractivity contribution in [3.63, 3.8) is 0 Å². The highest BCUT2D eigenvalue weighted by molar-refractivity contribution is 7.80. The second kappa shape index (κ2) is 10.8. The summed E-state index contributed by atoms with van der Waals surface area (Å²) in [6.45, 7) is 7.85. The number of methoxy groups -OCH3 is 1. The molecule has 0 aromatic heterocycles. The maximum Gasteiger partial charge on any atom is 0.166 e. The zero-order chi connectivity index (χ0) is 18.8. The number of rotatable bonds is 10. The number of fused-ring (bicyclic) bond motifs is 1. The highest BCUT2D eigenvalue weighted by atomic mass is 32.1. The van der Waals surface area contributed by atoms with Crippen LogP contribution >= 0.6 is 12.2 Å². The molecule has 0 fully saturated rings. The Hall–Kier alpha value is -2.07. The number of benzene rings is 2. The van der Waals surface area contributed by atoms with Crippen molar-refractivity contribution in [2.75, 3.05) is 20.2 Å². The average molecular weight is 371 g/mol. The van der Waals surface area contributed by atoms with Gasteiger partial charge in [-0.1, -0.05) is 50.1 Å². The Morgan fingerprint density at radius 2 is 1.96 bits per heavy atom. The molecule has 0 bridgehead atoms. The molecule has 0 aliphatic carbocycles. The Morgan fingerprint density at radius 3 is 2.69 bits per heavy atom. The van der Waals surface area contributed by atoms with E-state index in [0.717, 1.165) is 43.2 Å². The monoisotopic (exact) mass is 370 g/mol. The first-order valence-electron chi connectivity index (χ1n) is 9.41. The number of hydrogen-bond donors (Lipinski definition) is 2. The maximum atomic E-state index is 5.57. The van der Waals surface area contributed by atoms with Crippen molar-refractivity contribution >= 4 is 28.1 Å². The SMILES string of the molecule is C=CCc1c(OC)ccc2cccc(CCNC(=S)NCCCCC)c12. The van der Waals surface area contributed by atoms with Crippen LogP contribution in [0.3, 0.4) is 0 Å². The number of nitrogens with one attached hydrogen (secondary N) is 2. The van der Waals surface area contributed by atoms with Crippen LogP contribution in [0.15, 0.2) is 43.0 Å². The van der Waals surface area contributed by atoms with Crippen molar-refractivity contribution in [2.24, 2.45) is 0 Å². The first-order valence-corrected chi connectivity index (χ1v) is 9.82. The molecule has 0 saturated carbocycles. The molecule has 2 rings (SSSR count). The van der Waals surface area contributed by atoms with Crippen LogP contribution in [0.25, 0.3) is 10.8 Å². The van der Waals surface area contributed by atoms with Crippen LogP contribution in [0.1, 0.15) is 37.3 Å². The van der Waals surface area contributed by atoms with E-state index >= 15 is 0 Å². The number of allylic oxidation sites excluding steroid dienone is 1. The molecule has 0 aliphatic heterocycles. The largest absolute Gasteiger partial charge is 0.496 e. The fourth-order valence-electron chi connectivity index (χ4n) is 3.21. The number of ether oxygens (including phenoxy) is 1. The second-order valence-electron chi connectivity index (χ2n) is 6.39. The Kier molecular flexibility index (Phi) is 8.42. The predicted molar refractivity (Wildman–Crippen MR) is 116 cm³/mol. The standard InChI is InChI=1S/C22H30N2OS/c1-4-6-7-15-23-22(26)24-16-14-18-11-8-10-17-12-13-20(25-3)19(9-5-2)21(17)18/h5,8,10-13H,2,4,6-7,9,14-16H2,1,3H3,(H2,23,24,26). The molecular weight excluding hydrogens is 340 g/mol. The zero-order valence-electron chi connectivity index (χ0n) is 15.9. The lowest BCUT2D eigenvalue weighted by atomic mass is 9.95. The molecule has 2 N–H and O–H groups in total. The molecule has 0 amide bonds. The summed E-state index contributed by atoms with van der Waals surface area (Å²) in [5.41, 5.74) is 2.51. The number of unbranched alkanes of at least 4 members (excludes halogenated alkanes) is 2. The quantitative estimate of drug-likeness (QED) is 0.358. The van der Waals surface area contributed by atoms with Gasteiger partial charge in [-0.3, -0.25) is 0 Å². The van der Waals surface area contributed by atoms with E-state index in [-0.39, 0.29) is 0 Å². The van der Waals surface area contributed by atoms with E-state index in [1.807, 2.05) is 12.1 Å². The van der Waals surface area contributed by atoms with E-state index in [1.54, 1.807) is 7.11 Å². The molecule has 0 radical (unpaired) electrons. The van der Waals surface area contributed by atoms with E-state index in [9.17, 15) is 0 Å². The highest BCUT2D eigenvalue weighted by Gasteiger charge is 2.11. The summed E-state index contributed by atoms with van der Waals surface area (Å²) in [4.78, 5) is 0. The van der Waals surface area contributed by atoms with Crippen molar-refractivity contribution in [3.05, 3.63) is 54.1 Å². The summed E-state index contributed by atoms with van der Waals surface area (Å²) in [5, 5.41) is 9.85. The average Bonchev–Trinajstić information content (AvgIpc) is 2.65. The van der Waals surface area contributed by atoms with E-state index in [1.165, 1.54) is 34.7 Å². The zero-order valence-corrected chi connectivity index (χ0v) is 16.8. The van der Waals surface area contributed by atoms with Gasteiger partial charge in [0, 0.05) is 18.7 Å². The summed E-state index contributed by atoms with van der Waals surface area (Å²) in [7, 11) is 1.72. The molecule has 0 atom stereocenters. The molecule has 0 saturated heterocycles. The molecule has 0 aliphatic rings. The lowest BCUT2D eigenvalue weighted by Gasteiger charge is -2.15. The minimum Gasteiger partial charge on any atom is -0.496 e. The van der Waals surface area contributed by atoms with Crippen molar-refractivity contribution in [2.45, 2.75) is 39.0 Å². The molecule has 140 valence electrons. The van der Waals surface area contributed by atoms with Gasteiger partial charge in [-0.15, -0.1) is 6.58 Å². The van der Waals surface area contributed by atoms with Crippen molar-refractivity contribution < 1.29 is 4.74 Å². The lowest BCUT2D eigenvalue weighted by Crippen LogP contribution is -2.36. The van der Waals surface area contributed by atoms with Crippen LogP contribution < -0.4 is 15.4 Å². The molecule has 3 nitrogen and oxygen atoms in total. The maximum absolute atomic E-state index is 5.57. The summed E-state index contributed by atoms with van der Waals surface area (Å²) >= 11 is 5.37. The lowest BCUT2D eigenvalue weighted by molar-refractivity contribution is 0.411. The number of hydrogen-bond acceptors (Lipinski definition) is 2. The smallest absolute Gasteiger partial charge is 0.166 e.